The minimum absolute atomic E-state index is 0.0856. The van der Waals surface area contributed by atoms with Gasteiger partial charge in [-0.3, -0.25) is 9.59 Å². The summed E-state index contributed by atoms with van der Waals surface area (Å²) in [5.41, 5.74) is 1.15. The number of amides is 2. The first kappa shape index (κ1) is 24.4. The van der Waals surface area contributed by atoms with Crippen molar-refractivity contribution >= 4 is 17.5 Å². The van der Waals surface area contributed by atoms with Crippen molar-refractivity contribution in [3.05, 3.63) is 76.4 Å². The van der Waals surface area contributed by atoms with Gasteiger partial charge >= 0.3 is 0 Å². The van der Waals surface area contributed by atoms with Crippen LogP contribution < -0.4 is 5.32 Å². The van der Waals surface area contributed by atoms with E-state index in [9.17, 15) is 31.5 Å². The zero-order valence-electron chi connectivity index (χ0n) is 18.7. The molecule has 4 rings (SSSR count). The predicted octanol–water partition coefficient (Wildman–Crippen LogP) is 4.55. The highest BCUT2D eigenvalue weighted by molar-refractivity contribution is 5.99. The van der Waals surface area contributed by atoms with Crippen LogP contribution in [0.2, 0.25) is 0 Å². The van der Waals surface area contributed by atoms with E-state index in [4.69, 9.17) is 0 Å². The topological polar surface area (TPSA) is 67.2 Å². The molecule has 0 fully saturated rings. The molecule has 6 nitrogen and oxygen atoms in total. The molecule has 2 amide bonds. The quantitative estimate of drug-likeness (QED) is 0.389. The van der Waals surface area contributed by atoms with Crippen LogP contribution in [0.4, 0.5) is 27.6 Å². The van der Waals surface area contributed by atoms with E-state index in [0.29, 0.717) is 36.6 Å². The number of anilines is 1. The van der Waals surface area contributed by atoms with Crippen LogP contribution in [-0.2, 0) is 17.6 Å². The molecule has 0 bridgehead atoms. The Morgan fingerprint density at radius 1 is 1.00 bits per heavy atom. The molecule has 0 unspecified atom stereocenters. The zero-order valence-corrected chi connectivity index (χ0v) is 18.7. The van der Waals surface area contributed by atoms with Crippen LogP contribution in [0, 0.1) is 29.1 Å². The molecule has 0 spiro atoms. The number of hydrogen-bond donors (Lipinski definition) is 1. The first-order valence-corrected chi connectivity index (χ1v) is 11.0. The van der Waals surface area contributed by atoms with E-state index in [1.54, 1.807) is 6.92 Å². The Bertz CT molecular complexity index is 1310. The van der Waals surface area contributed by atoms with E-state index in [-0.39, 0.29) is 17.9 Å². The standard InChI is InChI=1S/C24H21F5N4O2/c1-2-10-32(12-20(34)30-18-9-8-16(26)21(28)22(18)29)24(35)23-14-4-3-5-19(14)33(31-23)13-6-7-15(25)17(27)11-13/h6-9,11H,2-5,10,12H2,1H3,(H,30,34). The molecule has 0 saturated heterocycles. The lowest BCUT2D eigenvalue weighted by atomic mass is 10.1. The van der Waals surface area contributed by atoms with Crippen molar-refractivity contribution in [2.24, 2.45) is 0 Å². The Kier molecular flexibility index (Phi) is 6.86. The average Bonchev–Trinajstić information content (AvgIpc) is 3.44. The van der Waals surface area contributed by atoms with Crippen molar-refractivity contribution in [2.45, 2.75) is 32.6 Å². The molecule has 0 atom stereocenters. The maximum atomic E-state index is 13.9. The fourth-order valence-electron chi connectivity index (χ4n) is 4.10. The zero-order chi connectivity index (χ0) is 25.3. The van der Waals surface area contributed by atoms with Crippen molar-refractivity contribution in [1.29, 1.82) is 0 Å². The maximum absolute atomic E-state index is 13.9. The lowest BCUT2D eigenvalue weighted by molar-refractivity contribution is -0.116. The monoisotopic (exact) mass is 492 g/mol. The number of halogens is 5. The molecule has 1 aromatic heterocycles. The second-order valence-corrected chi connectivity index (χ2v) is 8.14. The SMILES string of the molecule is CCCN(CC(=O)Nc1ccc(F)c(F)c1F)C(=O)c1nn(-c2ccc(F)c(F)c2)c2c1CCC2. The number of benzene rings is 2. The third kappa shape index (κ3) is 4.75. The number of nitrogens with one attached hydrogen (secondary N) is 1. The normalized spacial score (nSPS) is 12.5. The summed E-state index contributed by atoms with van der Waals surface area (Å²) in [5.74, 6) is -8.09. The summed E-state index contributed by atoms with van der Waals surface area (Å²) in [5, 5.41) is 6.51. The van der Waals surface area contributed by atoms with Crippen molar-refractivity contribution < 1.29 is 31.5 Å². The largest absolute Gasteiger partial charge is 0.328 e. The molecule has 1 aliphatic rings. The number of fused-ring (bicyclic) bond motifs is 1. The summed E-state index contributed by atoms with van der Waals surface area (Å²) in [6, 6.07) is 4.88. The van der Waals surface area contributed by atoms with Gasteiger partial charge in [0.15, 0.2) is 34.8 Å². The third-order valence-corrected chi connectivity index (χ3v) is 5.71. The van der Waals surface area contributed by atoms with E-state index in [0.717, 1.165) is 24.6 Å². The molecule has 0 radical (unpaired) electrons. The molecule has 2 aromatic carbocycles. The first-order chi connectivity index (χ1) is 16.7. The Hall–Kier alpha value is -3.76. The minimum atomic E-state index is -1.72. The van der Waals surface area contributed by atoms with E-state index < -0.39 is 53.1 Å². The van der Waals surface area contributed by atoms with Gasteiger partial charge < -0.3 is 10.2 Å². The Morgan fingerprint density at radius 2 is 1.74 bits per heavy atom. The summed E-state index contributed by atoms with van der Waals surface area (Å²) < 4.78 is 69.1. The van der Waals surface area contributed by atoms with Gasteiger partial charge in [0.05, 0.1) is 11.4 Å². The average molecular weight is 492 g/mol. The molecule has 0 saturated carbocycles. The minimum Gasteiger partial charge on any atom is -0.328 e. The van der Waals surface area contributed by atoms with Gasteiger partial charge in [0.1, 0.15) is 6.54 Å². The smallest absolute Gasteiger partial charge is 0.275 e. The fraction of sp³-hybridized carbons (Fsp3) is 0.292. The number of carbonyl (C=O) groups excluding carboxylic acids is 2. The number of aromatic nitrogens is 2. The molecule has 1 N–H and O–H groups in total. The van der Waals surface area contributed by atoms with Crippen molar-refractivity contribution in [3.8, 4) is 5.69 Å². The van der Waals surface area contributed by atoms with E-state index >= 15 is 0 Å². The summed E-state index contributed by atoms with van der Waals surface area (Å²) in [7, 11) is 0. The summed E-state index contributed by atoms with van der Waals surface area (Å²) in [6.45, 7) is 1.47. The van der Waals surface area contributed by atoms with Crippen LogP contribution in [0.15, 0.2) is 30.3 Å². The summed E-state index contributed by atoms with van der Waals surface area (Å²) in [6.07, 6.45) is 2.36. The second-order valence-electron chi connectivity index (χ2n) is 8.14. The summed E-state index contributed by atoms with van der Waals surface area (Å²) in [4.78, 5) is 27.1. The number of carbonyl (C=O) groups is 2. The molecule has 1 aliphatic carbocycles. The van der Waals surface area contributed by atoms with Gasteiger partial charge in [-0.1, -0.05) is 6.92 Å². The highest BCUT2D eigenvalue weighted by Gasteiger charge is 2.30. The first-order valence-electron chi connectivity index (χ1n) is 11.0. The predicted molar refractivity (Wildman–Crippen MR) is 117 cm³/mol. The third-order valence-electron chi connectivity index (χ3n) is 5.71. The van der Waals surface area contributed by atoms with E-state index in [1.165, 1.54) is 15.6 Å². The summed E-state index contributed by atoms with van der Waals surface area (Å²) >= 11 is 0. The highest BCUT2D eigenvalue weighted by Crippen LogP contribution is 2.29. The van der Waals surface area contributed by atoms with Crippen LogP contribution in [-0.4, -0.2) is 39.6 Å². The van der Waals surface area contributed by atoms with Crippen LogP contribution in [0.1, 0.15) is 41.5 Å². The molecule has 184 valence electrons. The Morgan fingerprint density at radius 3 is 2.46 bits per heavy atom. The number of hydrogen-bond acceptors (Lipinski definition) is 3. The van der Waals surface area contributed by atoms with Gasteiger partial charge in [-0.2, -0.15) is 5.10 Å². The van der Waals surface area contributed by atoms with Crippen molar-refractivity contribution in [2.75, 3.05) is 18.4 Å². The van der Waals surface area contributed by atoms with Crippen LogP contribution in [0.3, 0.4) is 0 Å². The molecular formula is C24H21F5N4O2. The number of nitrogens with zero attached hydrogens (tertiary/aromatic N) is 3. The maximum Gasteiger partial charge on any atom is 0.275 e. The van der Waals surface area contributed by atoms with E-state index in [1.807, 2.05) is 0 Å². The molecule has 35 heavy (non-hydrogen) atoms. The van der Waals surface area contributed by atoms with Crippen molar-refractivity contribution in [1.82, 2.24) is 14.7 Å². The molecule has 3 aromatic rings. The van der Waals surface area contributed by atoms with Crippen LogP contribution >= 0.6 is 0 Å². The van der Waals surface area contributed by atoms with Gasteiger partial charge in [-0.25, -0.2) is 26.6 Å². The molecule has 1 heterocycles. The lowest BCUT2D eigenvalue weighted by Gasteiger charge is -2.21. The van der Waals surface area contributed by atoms with Crippen LogP contribution in [0.25, 0.3) is 5.69 Å². The second kappa shape index (κ2) is 9.85. The van der Waals surface area contributed by atoms with E-state index in [2.05, 4.69) is 10.4 Å². The molecule has 0 aliphatic heterocycles. The van der Waals surface area contributed by atoms with Crippen LogP contribution in [0.5, 0.6) is 0 Å². The fourth-order valence-corrected chi connectivity index (χ4v) is 4.10. The van der Waals surface area contributed by atoms with Gasteiger partial charge in [0, 0.05) is 23.9 Å². The Balaban J connectivity index is 1.59. The van der Waals surface area contributed by atoms with Gasteiger partial charge in [0.25, 0.3) is 5.91 Å². The van der Waals surface area contributed by atoms with Gasteiger partial charge in [-0.05, 0) is 49.9 Å². The van der Waals surface area contributed by atoms with Crippen molar-refractivity contribution in [3.63, 3.8) is 0 Å². The van der Waals surface area contributed by atoms with Gasteiger partial charge in [0.2, 0.25) is 5.91 Å². The Labute approximate surface area is 197 Å². The number of rotatable bonds is 7. The highest BCUT2D eigenvalue weighted by atomic mass is 19.2. The molecular weight excluding hydrogens is 471 g/mol. The van der Waals surface area contributed by atoms with Gasteiger partial charge in [-0.15, -0.1) is 0 Å². The molecule has 11 heteroatoms. The lowest BCUT2D eigenvalue weighted by Crippen LogP contribution is -2.39.